The molecule has 0 saturated carbocycles. The molecule has 1 heterocycles. The van der Waals surface area contributed by atoms with Gasteiger partial charge in [-0.1, -0.05) is 18.2 Å². The van der Waals surface area contributed by atoms with Crippen LogP contribution in [0.1, 0.15) is 24.2 Å². The summed E-state index contributed by atoms with van der Waals surface area (Å²) in [6.07, 6.45) is 1.13. The first kappa shape index (κ1) is 13.5. The molecule has 0 amide bonds. The summed E-state index contributed by atoms with van der Waals surface area (Å²) in [5.74, 6) is 0.496. The van der Waals surface area contributed by atoms with Gasteiger partial charge in [-0.15, -0.1) is 0 Å². The number of rotatable bonds is 4. The van der Waals surface area contributed by atoms with E-state index in [1.807, 2.05) is 18.0 Å². The first-order valence-corrected chi connectivity index (χ1v) is 6.16. The molecule has 100 valence electrons. The highest BCUT2D eigenvalue weighted by molar-refractivity contribution is 5.47. The molecule has 1 aromatic heterocycles. The smallest absolute Gasteiger partial charge is 0.134 e. The minimum absolute atomic E-state index is 0.242. The molecule has 0 aliphatic heterocycles. The van der Waals surface area contributed by atoms with Gasteiger partial charge in [0, 0.05) is 25.4 Å². The second-order valence-corrected chi connectivity index (χ2v) is 4.57. The summed E-state index contributed by atoms with van der Waals surface area (Å²) in [5, 5.41) is 9.74. The van der Waals surface area contributed by atoms with Crippen LogP contribution in [0.15, 0.2) is 42.6 Å². The lowest BCUT2D eigenvalue weighted by Crippen LogP contribution is -2.20. The third-order valence-corrected chi connectivity index (χ3v) is 2.96. The molecular formula is C15H17FN2O. The lowest BCUT2D eigenvalue weighted by Gasteiger charge is -2.22. The molecule has 3 nitrogen and oxygen atoms in total. The molecule has 0 aliphatic carbocycles. The van der Waals surface area contributed by atoms with E-state index in [-0.39, 0.29) is 5.82 Å². The van der Waals surface area contributed by atoms with Gasteiger partial charge < -0.3 is 10.0 Å². The van der Waals surface area contributed by atoms with Crippen molar-refractivity contribution in [1.29, 1.82) is 0 Å². The van der Waals surface area contributed by atoms with Crippen molar-refractivity contribution in [1.82, 2.24) is 4.98 Å². The van der Waals surface area contributed by atoms with Gasteiger partial charge in [0.25, 0.3) is 0 Å². The Labute approximate surface area is 112 Å². The maximum Gasteiger partial charge on any atom is 0.134 e. The van der Waals surface area contributed by atoms with Crippen LogP contribution in [-0.4, -0.2) is 17.1 Å². The number of nitrogens with zero attached hydrogens (tertiary/aromatic N) is 2. The van der Waals surface area contributed by atoms with E-state index in [0.717, 1.165) is 16.9 Å². The summed E-state index contributed by atoms with van der Waals surface area (Å²) >= 11 is 0. The Hall–Kier alpha value is -1.94. The number of pyridine rings is 1. The van der Waals surface area contributed by atoms with Gasteiger partial charge in [0.2, 0.25) is 0 Å². The molecule has 0 aliphatic rings. The zero-order valence-electron chi connectivity index (χ0n) is 11.0. The van der Waals surface area contributed by atoms with E-state index in [2.05, 4.69) is 4.98 Å². The molecule has 2 aromatic rings. The van der Waals surface area contributed by atoms with E-state index in [4.69, 9.17) is 0 Å². The van der Waals surface area contributed by atoms with Crippen molar-refractivity contribution in [3.05, 3.63) is 59.5 Å². The molecule has 1 N–H and O–H groups in total. The molecule has 1 atom stereocenters. The SMILES string of the molecule is CC(O)c1cccnc1N(C)Cc1ccc(F)cc1. The highest BCUT2D eigenvalue weighted by Gasteiger charge is 2.12. The average Bonchev–Trinajstić information content (AvgIpc) is 2.41. The molecule has 2 rings (SSSR count). The number of benzene rings is 1. The largest absolute Gasteiger partial charge is 0.389 e. The summed E-state index contributed by atoms with van der Waals surface area (Å²) < 4.78 is 12.9. The van der Waals surface area contributed by atoms with Gasteiger partial charge in [0.1, 0.15) is 11.6 Å². The third-order valence-electron chi connectivity index (χ3n) is 2.96. The monoisotopic (exact) mass is 260 g/mol. The van der Waals surface area contributed by atoms with Crippen LogP contribution in [0.25, 0.3) is 0 Å². The Kier molecular flexibility index (Phi) is 4.12. The number of aromatic nitrogens is 1. The molecular weight excluding hydrogens is 243 g/mol. The Bertz CT molecular complexity index is 540. The van der Waals surface area contributed by atoms with Crippen molar-refractivity contribution in [2.24, 2.45) is 0 Å². The van der Waals surface area contributed by atoms with Crippen LogP contribution in [0.3, 0.4) is 0 Å². The van der Waals surface area contributed by atoms with Crippen LogP contribution in [0, 0.1) is 5.82 Å². The van der Waals surface area contributed by atoms with Crippen LogP contribution in [0.5, 0.6) is 0 Å². The minimum atomic E-state index is -0.570. The Morgan fingerprint density at radius 3 is 2.58 bits per heavy atom. The third kappa shape index (κ3) is 3.29. The van der Waals surface area contributed by atoms with Crippen molar-refractivity contribution < 1.29 is 9.50 Å². The molecule has 1 aromatic carbocycles. The number of hydrogen-bond acceptors (Lipinski definition) is 3. The second kappa shape index (κ2) is 5.80. The summed E-state index contributed by atoms with van der Waals surface area (Å²) in [6.45, 7) is 2.32. The highest BCUT2D eigenvalue weighted by atomic mass is 19.1. The quantitative estimate of drug-likeness (QED) is 0.918. The van der Waals surface area contributed by atoms with Crippen LogP contribution in [0.2, 0.25) is 0 Å². The second-order valence-electron chi connectivity index (χ2n) is 4.57. The van der Waals surface area contributed by atoms with Gasteiger partial charge in [-0.05, 0) is 30.7 Å². The Balaban J connectivity index is 2.20. The predicted octanol–water partition coefficient (Wildman–Crippen LogP) is 2.91. The van der Waals surface area contributed by atoms with Gasteiger partial charge >= 0.3 is 0 Å². The fourth-order valence-corrected chi connectivity index (χ4v) is 1.99. The number of hydrogen-bond donors (Lipinski definition) is 1. The topological polar surface area (TPSA) is 36.4 Å². The van der Waals surface area contributed by atoms with E-state index in [0.29, 0.717) is 6.54 Å². The fraction of sp³-hybridized carbons (Fsp3) is 0.267. The zero-order chi connectivity index (χ0) is 13.8. The summed E-state index contributed by atoms with van der Waals surface area (Å²) in [4.78, 5) is 6.25. The number of aliphatic hydroxyl groups is 1. The van der Waals surface area contributed by atoms with Crippen molar-refractivity contribution in [3.63, 3.8) is 0 Å². The van der Waals surface area contributed by atoms with Crippen molar-refractivity contribution in [3.8, 4) is 0 Å². The molecule has 0 radical (unpaired) electrons. The van der Waals surface area contributed by atoms with Crippen LogP contribution in [-0.2, 0) is 6.54 Å². The molecule has 4 heteroatoms. The minimum Gasteiger partial charge on any atom is -0.389 e. The predicted molar refractivity (Wildman–Crippen MR) is 73.4 cm³/mol. The maximum atomic E-state index is 12.9. The van der Waals surface area contributed by atoms with E-state index < -0.39 is 6.10 Å². The summed E-state index contributed by atoms with van der Waals surface area (Å²) in [6, 6.07) is 10.0. The maximum absolute atomic E-state index is 12.9. The lowest BCUT2D eigenvalue weighted by atomic mass is 10.1. The zero-order valence-corrected chi connectivity index (χ0v) is 11.0. The Morgan fingerprint density at radius 2 is 1.95 bits per heavy atom. The van der Waals surface area contributed by atoms with Gasteiger partial charge in [-0.25, -0.2) is 9.37 Å². The van der Waals surface area contributed by atoms with E-state index >= 15 is 0 Å². The van der Waals surface area contributed by atoms with Crippen LogP contribution < -0.4 is 4.90 Å². The van der Waals surface area contributed by atoms with E-state index in [9.17, 15) is 9.50 Å². The molecule has 19 heavy (non-hydrogen) atoms. The van der Waals surface area contributed by atoms with Gasteiger partial charge in [0.05, 0.1) is 6.10 Å². The highest BCUT2D eigenvalue weighted by Crippen LogP contribution is 2.23. The van der Waals surface area contributed by atoms with Gasteiger partial charge in [-0.2, -0.15) is 0 Å². The molecule has 0 saturated heterocycles. The number of halogens is 1. The average molecular weight is 260 g/mol. The summed E-state index contributed by atoms with van der Waals surface area (Å²) in [5.41, 5.74) is 1.78. The first-order valence-electron chi connectivity index (χ1n) is 6.16. The fourth-order valence-electron chi connectivity index (χ4n) is 1.99. The Morgan fingerprint density at radius 1 is 1.26 bits per heavy atom. The van der Waals surface area contributed by atoms with E-state index in [1.54, 1.807) is 31.3 Å². The van der Waals surface area contributed by atoms with Gasteiger partial charge in [-0.3, -0.25) is 0 Å². The van der Waals surface area contributed by atoms with Crippen LogP contribution >= 0.6 is 0 Å². The molecule has 0 spiro atoms. The molecule has 1 unspecified atom stereocenters. The standard InChI is InChI=1S/C15H17FN2O/c1-11(19)14-4-3-9-17-15(14)18(2)10-12-5-7-13(16)8-6-12/h3-9,11,19H,10H2,1-2H3. The first-order chi connectivity index (χ1) is 9.08. The normalized spacial score (nSPS) is 12.2. The lowest BCUT2D eigenvalue weighted by molar-refractivity contribution is 0.199. The van der Waals surface area contributed by atoms with Crippen LogP contribution in [0.4, 0.5) is 10.2 Å². The molecule has 0 fully saturated rings. The van der Waals surface area contributed by atoms with Crippen molar-refractivity contribution in [2.45, 2.75) is 19.6 Å². The van der Waals surface area contributed by atoms with Gasteiger partial charge in [0.15, 0.2) is 0 Å². The van der Waals surface area contributed by atoms with E-state index in [1.165, 1.54) is 12.1 Å². The van der Waals surface area contributed by atoms with Crippen molar-refractivity contribution >= 4 is 5.82 Å². The summed E-state index contributed by atoms with van der Waals surface area (Å²) in [7, 11) is 1.90. The van der Waals surface area contributed by atoms with Crippen molar-refractivity contribution in [2.75, 3.05) is 11.9 Å². The number of anilines is 1. The number of aliphatic hydroxyl groups excluding tert-OH is 1. The molecule has 0 bridgehead atoms.